The molecule has 0 radical (unpaired) electrons. The molecule has 2 aliphatic carbocycles. The van der Waals surface area contributed by atoms with Gasteiger partial charge in [0.05, 0.1) is 24.5 Å². The molecule has 0 unspecified atom stereocenters. The molecule has 3 rings (SSSR count). The van der Waals surface area contributed by atoms with Crippen molar-refractivity contribution in [2.24, 2.45) is 23.7 Å². The number of hydrogen-bond acceptors (Lipinski definition) is 6. The van der Waals surface area contributed by atoms with E-state index < -0.39 is 16.6 Å². The number of carbonyl (C=O) groups is 2. The second kappa shape index (κ2) is 16.9. The van der Waals surface area contributed by atoms with Crippen LogP contribution in [0.1, 0.15) is 133 Å². The third-order valence-electron chi connectivity index (χ3n) is 12.3. The third-order valence-corrected chi connectivity index (χ3v) is 21.4. The first kappa shape index (κ1) is 41.2. The first-order valence-corrected chi connectivity index (χ1v) is 25.2. The van der Waals surface area contributed by atoms with E-state index in [4.69, 9.17) is 18.3 Å². The Bertz CT molecular complexity index is 1120. The Balaban J connectivity index is 1.86. The van der Waals surface area contributed by atoms with Crippen LogP contribution in [0.3, 0.4) is 0 Å². The Hall–Kier alpha value is -1.23. The number of esters is 2. The number of allylic oxidation sites excluding steroid dienone is 2. The molecule has 0 amide bonds. The highest BCUT2D eigenvalue weighted by Crippen LogP contribution is 2.47. The Morgan fingerprint density at radius 2 is 1.50 bits per heavy atom. The average Bonchev–Trinajstić information content (AvgIpc) is 2.95. The monoisotopic (exact) mass is 704 g/mol. The molecule has 0 aromatic rings. The van der Waals surface area contributed by atoms with Crippen LogP contribution in [0.25, 0.3) is 0 Å². The van der Waals surface area contributed by atoms with Gasteiger partial charge in [-0.2, -0.15) is 0 Å². The highest BCUT2D eigenvalue weighted by molar-refractivity contribution is 6.74. The summed E-state index contributed by atoms with van der Waals surface area (Å²) >= 11 is 0. The van der Waals surface area contributed by atoms with Crippen molar-refractivity contribution in [2.45, 2.75) is 194 Å². The van der Waals surface area contributed by atoms with Crippen molar-refractivity contribution in [1.29, 1.82) is 0 Å². The fraction of sp³-hybridized carbons (Fsp3) is 0.850. The maximum Gasteiger partial charge on any atom is 0.309 e. The number of hydrogen-bond donors (Lipinski definition) is 0. The molecule has 0 bridgehead atoms. The molecule has 0 aromatic heterocycles. The summed E-state index contributed by atoms with van der Waals surface area (Å²) in [5.41, 5.74) is 1.24. The van der Waals surface area contributed by atoms with Gasteiger partial charge in [0.1, 0.15) is 12.2 Å². The van der Waals surface area contributed by atoms with E-state index in [9.17, 15) is 9.59 Å². The van der Waals surface area contributed by atoms with Gasteiger partial charge in [-0.15, -0.1) is 0 Å². The third kappa shape index (κ3) is 10.9. The lowest BCUT2D eigenvalue weighted by molar-refractivity contribution is -0.162. The summed E-state index contributed by atoms with van der Waals surface area (Å²) in [6.45, 7) is 29.4. The Morgan fingerprint density at radius 1 is 0.917 bits per heavy atom. The quantitative estimate of drug-likeness (QED) is 0.125. The van der Waals surface area contributed by atoms with Gasteiger partial charge in [0.2, 0.25) is 0 Å². The van der Waals surface area contributed by atoms with Crippen molar-refractivity contribution < 1.29 is 27.9 Å². The van der Waals surface area contributed by atoms with Gasteiger partial charge in [-0.25, -0.2) is 0 Å². The fourth-order valence-corrected chi connectivity index (χ4v) is 9.86. The molecule has 1 heterocycles. The van der Waals surface area contributed by atoms with E-state index in [1.807, 2.05) is 0 Å². The van der Waals surface area contributed by atoms with Gasteiger partial charge in [-0.1, -0.05) is 106 Å². The summed E-state index contributed by atoms with van der Waals surface area (Å²) in [6.07, 6.45) is 15.9. The number of rotatable bonds is 15. The molecule has 0 aromatic carbocycles. The predicted molar refractivity (Wildman–Crippen MR) is 203 cm³/mol. The van der Waals surface area contributed by atoms with Crippen molar-refractivity contribution in [1.82, 2.24) is 0 Å². The maximum absolute atomic E-state index is 13.9. The van der Waals surface area contributed by atoms with Crippen LogP contribution in [0.15, 0.2) is 23.8 Å². The van der Waals surface area contributed by atoms with E-state index >= 15 is 0 Å². The minimum absolute atomic E-state index is 0.0259. The Labute approximate surface area is 296 Å². The molecule has 0 spiro atoms. The SMILES string of the molecule is CCCCC(CCCC)C(=O)O[C@@H]1C[C@H](O[Si](C)(C)C(C)(C)C)C=C2C=C[C@H](C)[C@H](CC[C@@H]3C[C@@H](O[Si](C)(C)C(C)(C)C)CC(=O)O3)[C@H]21. The summed E-state index contributed by atoms with van der Waals surface area (Å²) in [7, 11) is -4.06. The molecular formula is C40H72O6Si2. The second-order valence-corrected chi connectivity index (χ2v) is 27.8. The number of fused-ring (bicyclic) bond motifs is 1. The topological polar surface area (TPSA) is 71.1 Å². The normalized spacial score (nSPS) is 28.6. The van der Waals surface area contributed by atoms with Gasteiger partial charge in [0.25, 0.3) is 0 Å². The predicted octanol–water partition coefficient (Wildman–Crippen LogP) is 10.9. The van der Waals surface area contributed by atoms with E-state index in [0.29, 0.717) is 18.8 Å². The van der Waals surface area contributed by atoms with Gasteiger partial charge in [0, 0.05) is 18.8 Å². The molecule has 1 aliphatic heterocycles. The van der Waals surface area contributed by atoms with Crippen LogP contribution < -0.4 is 0 Å². The molecule has 8 heteroatoms. The van der Waals surface area contributed by atoms with Crippen molar-refractivity contribution in [3.05, 3.63) is 23.8 Å². The van der Waals surface area contributed by atoms with Crippen LogP contribution in [0, 0.1) is 23.7 Å². The lowest BCUT2D eigenvalue weighted by Gasteiger charge is -2.46. The highest BCUT2D eigenvalue weighted by atomic mass is 28.4. The molecule has 48 heavy (non-hydrogen) atoms. The Morgan fingerprint density at radius 3 is 2.06 bits per heavy atom. The van der Waals surface area contributed by atoms with Crippen molar-refractivity contribution in [2.75, 3.05) is 0 Å². The lowest BCUT2D eigenvalue weighted by Crippen LogP contribution is -2.48. The van der Waals surface area contributed by atoms with Crippen LogP contribution in [0.5, 0.6) is 0 Å². The summed E-state index contributed by atoms with van der Waals surface area (Å²) in [4.78, 5) is 26.7. The van der Waals surface area contributed by atoms with Crippen molar-refractivity contribution in [3.63, 3.8) is 0 Å². The fourth-order valence-electron chi connectivity index (χ4n) is 7.22. The van der Waals surface area contributed by atoms with Crippen LogP contribution in [-0.2, 0) is 27.9 Å². The van der Waals surface area contributed by atoms with Crippen molar-refractivity contribution >= 4 is 28.6 Å². The van der Waals surface area contributed by atoms with E-state index in [-0.39, 0.29) is 64.2 Å². The molecule has 0 N–H and O–H groups in total. The molecule has 1 fully saturated rings. The van der Waals surface area contributed by atoms with E-state index in [1.54, 1.807) is 0 Å². The molecule has 3 aliphatic rings. The van der Waals surface area contributed by atoms with Gasteiger partial charge >= 0.3 is 11.9 Å². The number of carbonyl (C=O) groups excluding carboxylic acids is 2. The zero-order valence-electron chi connectivity index (χ0n) is 33.1. The summed E-state index contributed by atoms with van der Waals surface area (Å²) in [5, 5.41) is 0.172. The average molecular weight is 705 g/mol. The smallest absolute Gasteiger partial charge is 0.309 e. The van der Waals surface area contributed by atoms with Crippen LogP contribution in [0.4, 0.5) is 0 Å². The van der Waals surface area contributed by atoms with Crippen LogP contribution in [-0.4, -0.2) is 53.0 Å². The summed E-state index contributed by atoms with van der Waals surface area (Å²) in [6, 6.07) is 0. The molecule has 1 saturated heterocycles. The minimum Gasteiger partial charge on any atom is -0.462 e. The van der Waals surface area contributed by atoms with Crippen molar-refractivity contribution in [3.8, 4) is 0 Å². The van der Waals surface area contributed by atoms with Crippen LogP contribution in [0.2, 0.25) is 36.3 Å². The molecule has 276 valence electrons. The first-order valence-electron chi connectivity index (χ1n) is 19.3. The molecular weight excluding hydrogens is 633 g/mol. The Kier molecular flexibility index (Phi) is 14.5. The molecule has 0 saturated carbocycles. The van der Waals surface area contributed by atoms with Gasteiger partial charge in [0.15, 0.2) is 16.6 Å². The first-order chi connectivity index (χ1) is 22.2. The molecule has 6 nitrogen and oxygen atoms in total. The van der Waals surface area contributed by atoms with Gasteiger partial charge in [-0.3, -0.25) is 9.59 Å². The van der Waals surface area contributed by atoms with Gasteiger partial charge < -0.3 is 18.3 Å². The van der Waals surface area contributed by atoms with E-state index in [2.05, 4.69) is 107 Å². The number of cyclic esters (lactones) is 1. The number of unbranched alkanes of at least 4 members (excludes halogenated alkanes) is 2. The maximum atomic E-state index is 13.9. The largest absolute Gasteiger partial charge is 0.462 e. The van der Waals surface area contributed by atoms with Gasteiger partial charge in [-0.05, 0) is 79.4 Å². The highest BCUT2D eigenvalue weighted by Gasteiger charge is 2.47. The van der Waals surface area contributed by atoms with Crippen LogP contribution >= 0.6 is 0 Å². The minimum atomic E-state index is -2.05. The zero-order chi connectivity index (χ0) is 36.1. The lowest BCUT2D eigenvalue weighted by atomic mass is 9.66. The number of ether oxygens (including phenoxy) is 2. The summed E-state index contributed by atoms with van der Waals surface area (Å²) < 4.78 is 26.3. The standard InChI is InChI=1S/C40H72O6Si2/c1-14-16-18-29(19-17-15-2)38(42)44-35-26-32(45-47(10,11)39(4,5)6)24-30-21-20-28(3)34(37(30)35)23-22-31-25-33(27-36(41)43-31)46-48(12,13)40(7,8)9/h20-21,24,28-29,31-35,37H,14-19,22-23,25-27H2,1-13H3/t28-,31+,32+,33+,34-,35+,37-/m0/s1. The summed E-state index contributed by atoms with van der Waals surface area (Å²) in [5.74, 6) is 0.478. The van der Waals surface area contributed by atoms with E-state index in [0.717, 1.165) is 57.8 Å². The molecule has 7 atom stereocenters. The van der Waals surface area contributed by atoms with E-state index in [1.165, 1.54) is 5.57 Å². The zero-order valence-corrected chi connectivity index (χ0v) is 35.1. The second-order valence-electron chi connectivity index (χ2n) is 18.3.